The zero-order valence-electron chi connectivity index (χ0n) is 28.2. The smallest absolute Gasteiger partial charge is 0.121 e. The Morgan fingerprint density at radius 1 is 0.562 bits per heavy atom. The molecule has 0 fully saturated rings. The second-order valence-corrected chi connectivity index (χ2v) is 14.2. The van der Waals surface area contributed by atoms with Crippen molar-refractivity contribution in [2.75, 3.05) is 0 Å². The molecule has 3 heterocycles. The molecule has 0 unspecified atom stereocenters. The summed E-state index contributed by atoms with van der Waals surface area (Å²) in [6.07, 6.45) is 3.84. The molecule has 0 bridgehead atoms. The molecule has 0 atom stereocenters. The molecule has 4 heteroatoms. The number of aromatic nitrogens is 2. The number of hydrogen-bond acceptors (Lipinski definition) is 3. The van der Waals surface area contributed by atoms with Gasteiger partial charge in [-0.25, -0.2) is 0 Å². The van der Waals surface area contributed by atoms with Gasteiger partial charge in [-0.15, -0.1) is 54.1 Å². The zero-order chi connectivity index (χ0) is 32.8. The molecule has 8 rings (SSSR count). The first-order valence-electron chi connectivity index (χ1n) is 16.2. The summed E-state index contributed by atoms with van der Waals surface area (Å²) >= 11 is 0. The Labute approximate surface area is 296 Å². The van der Waals surface area contributed by atoms with Crippen molar-refractivity contribution >= 4 is 43.5 Å². The van der Waals surface area contributed by atoms with Crippen molar-refractivity contribution in [3.63, 3.8) is 0 Å². The van der Waals surface area contributed by atoms with E-state index >= 15 is 0 Å². The monoisotopic (exact) mass is 803 g/mol. The van der Waals surface area contributed by atoms with E-state index < -0.39 is 0 Å². The summed E-state index contributed by atoms with van der Waals surface area (Å²) in [6, 6.07) is 44.3. The molecule has 0 aliphatic rings. The third kappa shape index (κ3) is 6.56. The number of hydrogen-bond donors (Lipinski definition) is 0. The summed E-state index contributed by atoms with van der Waals surface area (Å²) in [4.78, 5) is 9.13. The van der Waals surface area contributed by atoms with Crippen LogP contribution in [-0.4, -0.2) is 9.97 Å². The standard InChI is InChI=1S/C29H22NO.C15H16N.Ir/c1-29(2,3)20-13-14-30-26(16-20)23-10-6-9-22-25-15-19-12-11-18-7-4-5-8-21(18)24(19)17-27(25)31-28(22)23;1-15(2,3)13-9-10-14(16-11-13)12-7-5-4-6-8-12;/h4-9,11-17H,1-3H3;4-7,9-11H,1-3H3;/q2*-1;. The summed E-state index contributed by atoms with van der Waals surface area (Å²) in [5, 5.41) is 7.14. The van der Waals surface area contributed by atoms with Gasteiger partial charge in [0.2, 0.25) is 0 Å². The van der Waals surface area contributed by atoms with Gasteiger partial charge in [-0.05, 0) is 73.1 Å². The van der Waals surface area contributed by atoms with Crippen LogP contribution in [0.3, 0.4) is 0 Å². The van der Waals surface area contributed by atoms with Crippen molar-refractivity contribution in [2.24, 2.45) is 0 Å². The number of fused-ring (bicyclic) bond motifs is 6. The van der Waals surface area contributed by atoms with E-state index in [1.54, 1.807) is 0 Å². The Hall–Kier alpha value is -4.63. The maximum absolute atomic E-state index is 6.45. The average molecular weight is 803 g/mol. The molecule has 0 spiro atoms. The predicted molar refractivity (Wildman–Crippen MR) is 197 cm³/mol. The zero-order valence-corrected chi connectivity index (χ0v) is 30.6. The minimum atomic E-state index is 0. The minimum Gasteiger partial charge on any atom is -0.501 e. The largest absolute Gasteiger partial charge is 0.501 e. The first kappa shape index (κ1) is 33.3. The summed E-state index contributed by atoms with van der Waals surface area (Å²) in [5.74, 6) is 0. The van der Waals surface area contributed by atoms with Gasteiger partial charge in [0.25, 0.3) is 0 Å². The van der Waals surface area contributed by atoms with Crippen molar-refractivity contribution in [1.82, 2.24) is 9.97 Å². The normalized spacial score (nSPS) is 11.8. The predicted octanol–water partition coefficient (Wildman–Crippen LogP) is 11.9. The minimum absolute atomic E-state index is 0. The van der Waals surface area contributed by atoms with Crippen LogP contribution in [0.25, 0.3) is 66.0 Å². The van der Waals surface area contributed by atoms with Gasteiger partial charge in [-0.2, -0.15) is 0 Å². The quantitative estimate of drug-likeness (QED) is 0.129. The molecule has 3 nitrogen and oxygen atoms in total. The fraction of sp³-hybridized carbons (Fsp3) is 0.182. The van der Waals surface area contributed by atoms with Crippen LogP contribution < -0.4 is 0 Å². The number of pyridine rings is 2. The van der Waals surface area contributed by atoms with Gasteiger partial charge >= 0.3 is 0 Å². The second kappa shape index (κ2) is 13.1. The third-order valence-electron chi connectivity index (χ3n) is 8.79. The number of rotatable bonds is 2. The van der Waals surface area contributed by atoms with Crippen LogP contribution in [0.2, 0.25) is 0 Å². The first-order valence-corrected chi connectivity index (χ1v) is 16.2. The Kier molecular flexibility index (Phi) is 9.09. The van der Waals surface area contributed by atoms with Gasteiger partial charge in [0.05, 0.1) is 5.58 Å². The molecule has 1 radical (unpaired) electrons. The van der Waals surface area contributed by atoms with Gasteiger partial charge in [-0.3, -0.25) is 0 Å². The Morgan fingerprint density at radius 2 is 1.33 bits per heavy atom. The van der Waals surface area contributed by atoms with Crippen LogP contribution in [0.4, 0.5) is 0 Å². The average Bonchev–Trinajstić information content (AvgIpc) is 3.45. The molecule has 0 N–H and O–H groups in total. The van der Waals surface area contributed by atoms with Gasteiger partial charge in [0.15, 0.2) is 0 Å². The number of nitrogens with zero attached hydrogens (tertiary/aromatic N) is 2. The maximum Gasteiger partial charge on any atom is 0.121 e. The van der Waals surface area contributed by atoms with E-state index in [-0.39, 0.29) is 30.9 Å². The van der Waals surface area contributed by atoms with Crippen LogP contribution in [0.1, 0.15) is 52.7 Å². The van der Waals surface area contributed by atoms with Crippen molar-refractivity contribution in [2.45, 2.75) is 52.4 Å². The van der Waals surface area contributed by atoms with E-state index in [0.29, 0.717) is 0 Å². The third-order valence-corrected chi connectivity index (χ3v) is 8.79. The van der Waals surface area contributed by atoms with Crippen LogP contribution in [-0.2, 0) is 30.9 Å². The summed E-state index contributed by atoms with van der Waals surface area (Å²) in [5.41, 5.74) is 8.28. The molecule has 5 aromatic carbocycles. The molecule has 8 aromatic rings. The first-order chi connectivity index (χ1) is 22.6. The number of furan rings is 1. The van der Waals surface area contributed by atoms with Crippen molar-refractivity contribution < 1.29 is 24.5 Å². The Morgan fingerprint density at radius 3 is 2.06 bits per heavy atom. The van der Waals surface area contributed by atoms with E-state index in [1.165, 1.54) is 32.7 Å². The van der Waals surface area contributed by atoms with Crippen molar-refractivity contribution in [3.05, 3.63) is 145 Å². The molecule has 0 saturated carbocycles. The molecule has 48 heavy (non-hydrogen) atoms. The van der Waals surface area contributed by atoms with Crippen LogP contribution in [0, 0.1) is 12.1 Å². The SMILES string of the molecule is CC(C)(C)c1ccc(-c2[c-]cccc2)nc1.CC(C)(C)c1ccnc(-c2[c-]ccc3c2oc2cc4c(ccc5ccccc54)cc23)c1.[Ir]. The van der Waals surface area contributed by atoms with E-state index in [4.69, 9.17) is 4.42 Å². The van der Waals surface area contributed by atoms with Crippen LogP contribution >= 0.6 is 0 Å². The topological polar surface area (TPSA) is 38.9 Å². The van der Waals surface area contributed by atoms with Crippen LogP contribution in [0.5, 0.6) is 0 Å². The Balaban J connectivity index is 0.000000201. The van der Waals surface area contributed by atoms with Gasteiger partial charge in [-0.1, -0.05) is 107 Å². The van der Waals surface area contributed by atoms with Crippen molar-refractivity contribution in [3.8, 4) is 22.5 Å². The molecule has 0 amide bonds. The van der Waals surface area contributed by atoms with Gasteiger partial charge in [0.1, 0.15) is 5.58 Å². The second-order valence-electron chi connectivity index (χ2n) is 14.2. The summed E-state index contributed by atoms with van der Waals surface area (Å²) in [7, 11) is 0. The van der Waals surface area contributed by atoms with E-state index in [9.17, 15) is 0 Å². The molecular weight excluding hydrogens is 765 g/mol. The molecule has 0 aliphatic carbocycles. The molecule has 241 valence electrons. The van der Waals surface area contributed by atoms with Gasteiger partial charge < -0.3 is 14.4 Å². The molecule has 3 aromatic heterocycles. The Bertz CT molecular complexity index is 2360. The number of benzene rings is 5. The van der Waals surface area contributed by atoms with Crippen molar-refractivity contribution in [1.29, 1.82) is 0 Å². The molecule has 0 aliphatic heterocycles. The van der Waals surface area contributed by atoms with Crippen LogP contribution in [0.15, 0.2) is 126 Å². The van der Waals surface area contributed by atoms with E-state index in [0.717, 1.165) is 44.5 Å². The van der Waals surface area contributed by atoms with E-state index in [1.807, 2.05) is 42.7 Å². The summed E-state index contributed by atoms with van der Waals surface area (Å²) in [6.45, 7) is 13.2. The fourth-order valence-electron chi connectivity index (χ4n) is 6.02. The summed E-state index contributed by atoms with van der Waals surface area (Å²) < 4.78 is 6.45. The molecule has 0 saturated heterocycles. The molecular formula is C44H38IrN2O-2. The fourth-order valence-corrected chi connectivity index (χ4v) is 6.02. The maximum atomic E-state index is 6.45. The van der Waals surface area contributed by atoms with Gasteiger partial charge in [0, 0.05) is 37.9 Å². The van der Waals surface area contributed by atoms with E-state index in [2.05, 4.69) is 143 Å².